The van der Waals surface area contributed by atoms with Crippen molar-refractivity contribution in [3.8, 4) is 0 Å². The third-order valence-electron chi connectivity index (χ3n) is 3.39. The van der Waals surface area contributed by atoms with Crippen molar-refractivity contribution in [2.24, 2.45) is 11.8 Å². The lowest BCUT2D eigenvalue weighted by Gasteiger charge is -2.30. The molecule has 2 unspecified atom stereocenters. The molecule has 0 aliphatic carbocycles. The molecule has 0 radical (unpaired) electrons. The Morgan fingerprint density at radius 2 is 1.42 bits per heavy atom. The number of esters is 2. The highest BCUT2D eigenvalue weighted by Crippen LogP contribution is 2.26. The predicted molar refractivity (Wildman–Crippen MR) is 101 cm³/mol. The zero-order valence-corrected chi connectivity index (χ0v) is 18.0. The van der Waals surface area contributed by atoms with Crippen LogP contribution in [-0.4, -0.2) is 50.9 Å². The Labute approximate surface area is 159 Å². The Balaban J connectivity index is 4.07. The van der Waals surface area contributed by atoms with Crippen molar-refractivity contribution in [2.75, 3.05) is 19.8 Å². The fourth-order valence-corrected chi connectivity index (χ4v) is 2.65. The van der Waals surface area contributed by atoms with Crippen LogP contribution in [0.4, 0.5) is 0 Å². The molecule has 6 nitrogen and oxygen atoms in total. The molecule has 0 saturated carbocycles. The summed E-state index contributed by atoms with van der Waals surface area (Å²) in [5, 5.41) is 11.0. The second-order valence-corrected chi connectivity index (χ2v) is 10.7. The standard InChI is InChI=1S/C17H32INO5/c1-12(10-17(6,7)18)14(20)23-8-9-24-15(21)13(2)11-19(22)16(3,4)5/h12-13,22H,8-11H2,1-7H3. The molecule has 0 bridgehead atoms. The van der Waals surface area contributed by atoms with Gasteiger partial charge in [0.25, 0.3) is 0 Å². The van der Waals surface area contributed by atoms with Crippen LogP contribution in [0.1, 0.15) is 54.9 Å². The van der Waals surface area contributed by atoms with E-state index in [0.29, 0.717) is 0 Å². The Hall–Kier alpha value is -0.410. The number of carbonyl (C=O) groups excluding carboxylic acids is 2. The van der Waals surface area contributed by atoms with Gasteiger partial charge in [-0.1, -0.05) is 50.3 Å². The van der Waals surface area contributed by atoms with Crippen LogP contribution in [0.25, 0.3) is 0 Å². The van der Waals surface area contributed by atoms with Crippen molar-refractivity contribution in [1.82, 2.24) is 5.06 Å². The zero-order valence-electron chi connectivity index (χ0n) is 15.9. The van der Waals surface area contributed by atoms with Gasteiger partial charge in [0.2, 0.25) is 0 Å². The lowest BCUT2D eigenvalue weighted by Crippen LogP contribution is -2.42. The number of hydrogen-bond donors (Lipinski definition) is 1. The van der Waals surface area contributed by atoms with E-state index in [1.807, 2.05) is 27.7 Å². The van der Waals surface area contributed by atoms with Crippen molar-refractivity contribution < 1.29 is 24.3 Å². The fraction of sp³-hybridized carbons (Fsp3) is 0.882. The summed E-state index contributed by atoms with van der Waals surface area (Å²) in [6, 6.07) is 0. The van der Waals surface area contributed by atoms with Crippen LogP contribution in [-0.2, 0) is 19.1 Å². The van der Waals surface area contributed by atoms with Crippen molar-refractivity contribution >= 4 is 34.5 Å². The number of hydrogen-bond acceptors (Lipinski definition) is 6. The lowest BCUT2D eigenvalue weighted by atomic mass is 9.99. The number of ether oxygens (including phenoxy) is 2. The molecule has 0 rings (SSSR count). The van der Waals surface area contributed by atoms with Crippen LogP contribution in [0.2, 0.25) is 0 Å². The summed E-state index contributed by atoms with van der Waals surface area (Å²) in [4.78, 5) is 23.7. The fourth-order valence-electron chi connectivity index (χ4n) is 1.99. The van der Waals surface area contributed by atoms with E-state index in [4.69, 9.17) is 9.47 Å². The van der Waals surface area contributed by atoms with Crippen LogP contribution in [0.5, 0.6) is 0 Å². The Kier molecular flexibility index (Phi) is 9.74. The van der Waals surface area contributed by atoms with Crippen LogP contribution in [0, 0.1) is 11.8 Å². The van der Waals surface area contributed by atoms with E-state index in [-0.39, 0.29) is 35.1 Å². The topological polar surface area (TPSA) is 76.1 Å². The van der Waals surface area contributed by atoms with E-state index in [1.165, 1.54) is 0 Å². The van der Waals surface area contributed by atoms with Gasteiger partial charge in [-0.25, -0.2) is 0 Å². The minimum atomic E-state index is -0.469. The SMILES string of the molecule is CC(CN(O)C(C)(C)C)C(=O)OCCOC(=O)C(C)CC(C)(C)I. The molecule has 0 amide bonds. The first-order valence-corrected chi connectivity index (χ1v) is 9.30. The van der Waals surface area contributed by atoms with Gasteiger partial charge < -0.3 is 14.7 Å². The molecular formula is C17H32INO5. The summed E-state index contributed by atoms with van der Waals surface area (Å²) in [6.07, 6.45) is 0.725. The van der Waals surface area contributed by atoms with Crippen molar-refractivity contribution in [3.05, 3.63) is 0 Å². The number of nitrogens with zero attached hydrogens (tertiary/aromatic N) is 1. The van der Waals surface area contributed by atoms with Gasteiger partial charge in [0, 0.05) is 15.5 Å². The molecule has 0 aromatic carbocycles. The normalized spacial score (nSPS) is 15.1. The Morgan fingerprint density at radius 3 is 1.79 bits per heavy atom. The molecule has 24 heavy (non-hydrogen) atoms. The molecule has 0 aliphatic rings. The zero-order chi connectivity index (χ0) is 19.1. The molecule has 0 spiro atoms. The highest BCUT2D eigenvalue weighted by molar-refractivity contribution is 14.1. The van der Waals surface area contributed by atoms with Crippen LogP contribution < -0.4 is 0 Å². The van der Waals surface area contributed by atoms with Crippen molar-refractivity contribution in [3.63, 3.8) is 0 Å². The molecule has 0 saturated heterocycles. The maximum atomic E-state index is 11.9. The second kappa shape index (κ2) is 9.91. The largest absolute Gasteiger partial charge is 0.462 e. The maximum absolute atomic E-state index is 11.9. The summed E-state index contributed by atoms with van der Waals surface area (Å²) in [5.41, 5.74) is -0.438. The van der Waals surface area contributed by atoms with Gasteiger partial charge in [0.15, 0.2) is 0 Å². The maximum Gasteiger partial charge on any atom is 0.310 e. The third kappa shape index (κ3) is 10.5. The van der Waals surface area contributed by atoms with Gasteiger partial charge in [-0.2, -0.15) is 5.06 Å². The number of carbonyl (C=O) groups is 2. The highest BCUT2D eigenvalue weighted by atomic mass is 127. The van der Waals surface area contributed by atoms with Crippen molar-refractivity contribution in [2.45, 2.75) is 63.8 Å². The van der Waals surface area contributed by atoms with E-state index in [2.05, 4.69) is 36.4 Å². The molecule has 142 valence electrons. The molecular weight excluding hydrogens is 425 g/mol. The highest BCUT2D eigenvalue weighted by Gasteiger charge is 2.26. The summed E-state index contributed by atoms with van der Waals surface area (Å²) in [7, 11) is 0. The molecule has 1 N–H and O–H groups in total. The van der Waals surface area contributed by atoms with E-state index >= 15 is 0 Å². The monoisotopic (exact) mass is 457 g/mol. The van der Waals surface area contributed by atoms with Gasteiger partial charge in [0.1, 0.15) is 13.2 Å². The van der Waals surface area contributed by atoms with Gasteiger partial charge in [-0.15, -0.1) is 0 Å². The summed E-state index contributed by atoms with van der Waals surface area (Å²) in [5.74, 6) is -1.36. The van der Waals surface area contributed by atoms with Gasteiger partial charge in [-0.05, 0) is 27.2 Å². The molecule has 0 heterocycles. The minimum Gasteiger partial charge on any atom is -0.462 e. The van der Waals surface area contributed by atoms with Crippen LogP contribution in [0.15, 0.2) is 0 Å². The number of halogens is 1. The van der Waals surface area contributed by atoms with E-state index in [9.17, 15) is 14.8 Å². The van der Waals surface area contributed by atoms with E-state index in [0.717, 1.165) is 11.5 Å². The van der Waals surface area contributed by atoms with Gasteiger partial charge in [-0.3, -0.25) is 9.59 Å². The number of alkyl halides is 1. The van der Waals surface area contributed by atoms with E-state index in [1.54, 1.807) is 6.92 Å². The molecule has 0 aromatic rings. The van der Waals surface area contributed by atoms with Gasteiger partial charge in [0.05, 0.1) is 11.8 Å². The van der Waals surface area contributed by atoms with E-state index < -0.39 is 17.4 Å². The van der Waals surface area contributed by atoms with Gasteiger partial charge >= 0.3 is 11.9 Å². The third-order valence-corrected chi connectivity index (χ3v) is 3.83. The summed E-state index contributed by atoms with van der Waals surface area (Å²) >= 11 is 2.30. The molecule has 7 heteroatoms. The first kappa shape index (κ1) is 23.6. The predicted octanol–water partition coefficient (Wildman–Crippen LogP) is 3.44. The smallest absolute Gasteiger partial charge is 0.310 e. The van der Waals surface area contributed by atoms with Crippen LogP contribution in [0.3, 0.4) is 0 Å². The van der Waals surface area contributed by atoms with Crippen molar-refractivity contribution in [1.29, 1.82) is 0 Å². The second-order valence-electron chi connectivity index (χ2n) is 7.81. The quantitative estimate of drug-likeness (QED) is 0.188. The molecule has 0 aromatic heterocycles. The average Bonchev–Trinajstić information content (AvgIpc) is 2.39. The molecule has 0 fully saturated rings. The summed E-state index contributed by atoms with van der Waals surface area (Å²) in [6.45, 7) is 13.4. The molecule has 0 aliphatic heterocycles. The average molecular weight is 457 g/mol. The first-order chi connectivity index (χ1) is 10.7. The van der Waals surface area contributed by atoms with Crippen LogP contribution >= 0.6 is 22.6 Å². The first-order valence-electron chi connectivity index (χ1n) is 8.22. The minimum absolute atomic E-state index is 0.0240. The number of rotatable bonds is 9. The Morgan fingerprint density at radius 1 is 1.00 bits per heavy atom. The summed E-state index contributed by atoms with van der Waals surface area (Å²) < 4.78 is 10.3. The Bertz CT molecular complexity index is 414. The molecule has 2 atom stereocenters. The number of hydroxylamine groups is 2. The lowest BCUT2D eigenvalue weighted by molar-refractivity contribution is -0.176.